The number of nitrogens with zero attached hydrogens (tertiary/aromatic N) is 2. The van der Waals surface area contributed by atoms with Crippen molar-refractivity contribution in [1.82, 2.24) is 9.80 Å². The highest BCUT2D eigenvalue weighted by atomic mass is 35.5. The number of likely N-dealkylation sites (N-methyl/N-ethyl adjacent to an activating group) is 1. The minimum atomic E-state index is -0.205. The highest BCUT2D eigenvalue weighted by molar-refractivity contribution is 6.33. The Balaban J connectivity index is 1.89. The smallest absolute Gasteiger partial charge is 0.238 e. The first-order chi connectivity index (χ1) is 13.4. The van der Waals surface area contributed by atoms with E-state index in [1.54, 1.807) is 30.1 Å². The summed E-state index contributed by atoms with van der Waals surface area (Å²) in [5.41, 5.74) is 2.87. The molecule has 2 aromatic rings. The maximum atomic E-state index is 12.7. The molecule has 0 aliphatic carbocycles. The maximum absolute atomic E-state index is 12.7. The Bertz CT molecular complexity index is 793. The van der Waals surface area contributed by atoms with Crippen molar-refractivity contribution in [3.05, 3.63) is 64.7 Å². The van der Waals surface area contributed by atoms with Crippen LogP contribution >= 0.6 is 11.6 Å². The molecule has 0 saturated heterocycles. The van der Waals surface area contributed by atoms with E-state index < -0.39 is 0 Å². The van der Waals surface area contributed by atoms with E-state index in [1.807, 2.05) is 30.0 Å². The Morgan fingerprint density at radius 1 is 1.04 bits per heavy atom. The molecule has 0 saturated carbocycles. The Labute approximate surface area is 172 Å². The molecule has 5 nitrogen and oxygen atoms in total. The average Bonchev–Trinajstić information content (AvgIpc) is 2.64. The molecule has 0 unspecified atom stereocenters. The molecule has 28 heavy (non-hydrogen) atoms. The normalized spacial score (nSPS) is 10.8. The summed E-state index contributed by atoms with van der Waals surface area (Å²) in [5, 5.41) is 3.26. The molecule has 0 aliphatic rings. The third-order valence-corrected chi connectivity index (χ3v) is 4.64. The van der Waals surface area contributed by atoms with E-state index in [1.165, 1.54) is 5.56 Å². The van der Waals surface area contributed by atoms with Crippen LogP contribution in [0.5, 0.6) is 0 Å². The van der Waals surface area contributed by atoms with E-state index in [0.717, 1.165) is 12.0 Å². The number of anilines is 1. The lowest BCUT2D eigenvalue weighted by Crippen LogP contribution is -2.41. The molecule has 1 N–H and O–H groups in total. The predicted molar refractivity (Wildman–Crippen MR) is 114 cm³/mol. The predicted octanol–water partition coefficient (Wildman–Crippen LogP) is 3.96. The summed E-state index contributed by atoms with van der Waals surface area (Å²) in [6.45, 7) is 5.65. The van der Waals surface area contributed by atoms with Crippen LogP contribution in [-0.2, 0) is 16.1 Å². The van der Waals surface area contributed by atoms with Gasteiger partial charge in [-0.2, -0.15) is 0 Å². The largest absolute Gasteiger partial charge is 0.337 e. The van der Waals surface area contributed by atoms with Crippen molar-refractivity contribution in [2.24, 2.45) is 0 Å². The van der Waals surface area contributed by atoms with E-state index in [-0.39, 0.29) is 24.9 Å². The Kier molecular flexibility index (Phi) is 8.48. The van der Waals surface area contributed by atoms with Crippen LogP contribution < -0.4 is 5.32 Å². The average molecular weight is 402 g/mol. The molecule has 0 atom stereocenters. The zero-order valence-corrected chi connectivity index (χ0v) is 17.5. The molecule has 0 heterocycles. The van der Waals surface area contributed by atoms with Crippen molar-refractivity contribution in [2.45, 2.75) is 26.8 Å². The van der Waals surface area contributed by atoms with Gasteiger partial charge in [0, 0.05) is 13.1 Å². The first-order valence-electron chi connectivity index (χ1n) is 9.45. The summed E-state index contributed by atoms with van der Waals surface area (Å²) in [4.78, 5) is 28.5. The quantitative estimate of drug-likeness (QED) is 0.692. The van der Waals surface area contributed by atoms with Gasteiger partial charge in [-0.1, -0.05) is 60.5 Å². The third kappa shape index (κ3) is 6.98. The van der Waals surface area contributed by atoms with Gasteiger partial charge >= 0.3 is 0 Å². The second-order valence-electron chi connectivity index (χ2n) is 7.00. The number of nitrogens with one attached hydrogen (secondary N) is 1. The fourth-order valence-electron chi connectivity index (χ4n) is 2.86. The molecule has 2 aromatic carbocycles. The molecular weight excluding hydrogens is 374 g/mol. The van der Waals surface area contributed by atoms with Gasteiger partial charge in [0.15, 0.2) is 0 Å². The molecule has 150 valence electrons. The number of hydrogen-bond donors (Lipinski definition) is 1. The lowest BCUT2D eigenvalue weighted by Gasteiger charge is -2.25. The summed E-state index contributed by atoms with van der Waals surface area (Å²) in [6, 6.07) is 15.3. The molecule has 0 aliphatic heterocycles. The van der Waals surface area contributed by atoms with Gasteiger partial charge in [-0.15, -0.1) is 0 Å². The second kappa shape index (κ2) is 10.8. The number of aryl methyl sites for hydroxylation is 1. The van der Waals surface area contributed by atoms with E-state index >= 15 is 0 Å². The summed E-state index contributed by atoms with van der Waals surface area (Å²) in [5.74, 6) is -0.195. The highest BCUT2D eigenvalue weighted by Crippen LogP contribution is 2.20. The molecule has 6 heteroatoms. The lowest BCUT2D eigenvalue weighted by molar-refractivity contribution is -0.133. The van der Waals surface area contributed by atoms with Gasteiger partial charge in [0.25, 0.3) is 0 Å². The molecule has 0 radical (unpaired) electrons. The van der Waals surface area contributed by atoms with E-state index in [9.17, 15) is 9.59 Å². The van der Waals surface area contributed by atoms with Gasteiger partial charge in [0.2, 0.25) is 11.8 Å². The van der Waals surface area contributed by atoms with Gasteiger partial charge in [0.1, 0.15) is 0 Å². The third-order valence-electron chi connectivity index (χ3n) is 4.31. The van der Waals surface area contributed by atoms with Gasteiger partial charge in [-0.25, -0.2) is 0 Å². The van der Waals surface area contributed by atoms with Crippen LogP contribution in [0.25, 0.3) is 0 Å². The molecule has 0 spiro atoms. The number of amides is 2. The lowest BCUT2D eigenvalue weighted by atomic mass is 10.1. The summed E-state index contributed by atoms with van der Waals surface area (Å²) >= 11 is 6.06. The topological polar surface area (TPSA) is 52.7 Å². The van der Waals surface area contributed by atoms with Crippen LogP contribution in [0.4, 0.5) is 5.69 Å². The minimum absolute atomic E-state index is 0.00969. The molecule has 0 aromatic heterocycles. The van der Waals surface area contributed by atoms with E-state index in [0.29, 0.717) is 23.8 Å². The van der Waals surface area contributed by atoms with Crippen molar-refractivity contribution in [3.8, 4) is 0 Å². The molecule has 2 rings (SSSR count). The Hall–Kier alpha value is -2.37. The monoisotopic (exact) mass is 401 g/mol. The second-order valence-corrected chi connectivity index (χ2v) is 7.41. The summed E-state index contributed by atoms with van der Waals surface area (Å²) in [7, 11) is 1.76. The van der Waals surface area contributed by atoms with E-state index in [2.05, 4.69) is 24.4 Å². The summed E-state index contributed by atoms with van der Waals surface area (Å²) < 4.78 is 0. The standard InChI is InChI=1S/C22H28ClN3O2/c1-4-13-26(14-18-11-9-17(2)10-12-18)22(28)16-25(3)15-21(27)24-20-8-6-5-7-19(20)23/h5-12H,4,13-16H2,1-3H3,(H,24,27). The van der Waals surface area contributed by atoms with Gasteiger partial charge in [-0.3, -0.25) is 14.5 Å². The molecular formula is C22H28ClN3O2. The molecule has 0 fully saturated rings. The van der Waals surface area contributed by atoms with Gasteiger partial charge in [-0.05, 0) is 38.1 Å². The Morgan fingerprint density at radius 2 is 1.71 bits per heavy atom. The fraction of sp³-hybridized carbons (Fsp3) is 0.364. The number of halogens is 1. The minimum Gasteiger partial charge on any atom is -0.337 e. The number of rotatable bonds is 9. The first-order valence-corrected chi connectivity index (χ1v) is 9.83. The van der Waals surface area contributed by atoms with Crippen molar-refractivity contribution in [2.75, 3.05) is 32.0 Å². The van der Waals surface area contributed by atoms with Crippen molar-refractivity contribution < 1.29 is 9.59 Å². The fourth-order valence-corrected chi connectivity index (χ4v) is 3.04. The number of hydrogen-bond acceptors (Lipinski definition) is 3. The van der Waals surface area contributed by atoms with Crippen LogP contribution in [0.15, 0.2) is 48.5 Å². The molecule has 2 amide bonds. The number of benzene rings is 2. The van der Waals surface area contributed by atoms with Crippen LogP contribution in [0.2, 0.25) is 5.02 Å². The first kappa shape index (κ1) is 21.9. The SMILES string of the molecule is CCCN(Cc1ccc(C)cc1)C(=O)CN(C)CC(=O)Nc1ccccc1Cl. The summed E-state index contributed by atoms with van der Waals surface area (Å²) in [6.07, 6.45) is 0.883. The molecule has 0 bridgehead atoms. The van der Waals surface area contributed by atoms with Crippen LogP contribution in [0.3, 0.4) is 0 Å². The highest BCUT2D eigenvalue weighted by Gasteiger charge is 2.17. The number of carbonyl (C=O) groups excluding carboxylic acids is 2. The van der Waals surface area contributed by atoms with Crippen LogP contribution in [0, 0.1) is 6.92 Å². The van der Waals surface area contributed by atoms with Crippen LogP contribution in [0.1, 0.15) is 24.5 Å². The van der Waals surface area contributed by atoms with Gasteiger partial charge in [0.05, 0.1) is 23.8 Å². The van der Waals surface area contributed by atoms with Crippen LogP contribution in [-0.4, -0.2) is 48.3 Å². The number of para-hydroxylation sites is 1. The number of carbonyl (C=O) groups is 2. The van der Waals surface area contributed by atoms with Crippen molar-refractivity contribution in [3.63, 3.8) is 0 Å². The zero-order chi connectivity index (χ0) is 20.5. The van der Waals surface area contributed by atoms with E-state index in [4.69, 9.17) is 11.6 Å². The van der Waals surface area contributed by atoms with Crippen molar-refractivity contribution >= 4 is 29.1 Å². The maximum Gasteiger partial charge on any atom is 0.238 e. The van der Waals surface area contributed by atoms with Gasteiger partial charge < -0.3 is 10.2 Å². The Morgan fingerprint density at radius 3 is 2.36 bits per heavy atom. The zero-order valence-electron chi connectivity index (χ0n) is 16.7. The van der Waals surface area contributed by atoms with Crippen molar-refractivity contribution in [1.29, 1.82) is 0 Å².